The van der Waals surface area contributed by atoms with Crippen LogP contribution in [-0.2, 0) is 4.79 Å². The first-order chi connectivity index (χ1) is 8.24. The van der Waals surface area contributed by atoms with E-state index in [1.165, 1.54) is 38.5 Å². The SMILES string of the molecule is CCCCCCC(N)CC(=O)C1=CCCCC1. The van der Waals surface area contributed by atoms with Crippen LogP contribution in [0.15, 0.2) is 11.6 Å². The molecule has 0 aromatic heterocycles. The minimum absolute atomic E-state index is 0.0715. The van der Waals surface area contributed by atoms with E-state index in [0.717, 1.165) is 24.8 Å². The fourth-order valence-electron chi connectivity index (χ4n) is 2.40. The molecule has 0 fully saturated rings. The topological polar surface area (TPSA) is 43.1 Å². The molecule has 0 aromatic rings. The molecule has 0 heterocycles. The molecule has 1 atom stereocenters. The highest BCUT2D eigenvalue weighted by Gasteiger charge is 2.15. The summed E-state index contributed by atoms with van der Waals surface area (Å²) in [5.74, 6) is 0.299. The van der Waals surface area contributed by atoms with Crippen molar-refractivity contribution < 1.29 is 4.79 Å². The first-order valence-corrected chi connectivity index (χ1v) is 7.22. The fourth-order valence-corrected chi connectivity index (χ4v) is 2.40. The second-order valence-electron chi connectivity index (χ2n) is 5.21. The van der Waals surface area contributed by atoms with E-state index in [4.69, 9.17) is 5.73 Å². The van der Waals surface area contributed by atoms with Gasteiger partial charge < -0.3 is 5.73 Å². The number of hydrogen-bond acceptors (Lipinski definition) is 2. The lowest BCUT2D eigenvalue weighted by Crippen LogP contribution is -2.24. The number of Topliss-reactive ketones (excluding diaryl/α,β-unsaturated/α-hetero) is 1. The Hall–Kier alpha value is -0.630. The molecule has 0 radical (unpaired) electrons. The van der Waals surface area contributed by atoms with Gasteiger partial charge in [0, 0.05) is 12.5 Å². The zero-order valence-electron chi connectivity index (χ0n) is 11.2. The van der Waals surface area contributed by atoms with E-state index in [0.29, 0.717) is 12.2 Å². The summed E-state index contributed by atoms with van der Waals surface area (Å²) in [7, 11) is 0. The Balaban J connectivity index is 2.18. The van der Waals surface area contributed by atoms with Gasteiger partial charge >= 0.3 is 0 Å². The monoisotopic (exact) mass is 237 g/mol. The van der Waals surface area contributed by atoms with Gasteiger partial charge in [0.1, 0.15) is 0 Å². The number of allylic oxidation sites excluding steroid dienone is 2. The van der Waals surface area contributed by atoms with E-state index in [1.54, 1.807) is 0 Å². The summed E-state index contributed by atoms with van der Waals surface area (Å²) >= 11 is 0. The molecule has 0 aliphatic heterocycles. The second-order valence-corrected chi connectivity index (χ2v) is 5.21. The van der Waals surface area contributed by atoms with Crippen LogP contribution < -0.4 is 5.73 Å². The molecule has 0 bridgehead atoms. The number of carbonyl (C=O) groups excluding carboxylic acids is 1. The molecule has 1 rings (SSSR count). The average Bonchev–Trinajstić information content (AvgIpc) is 2.36. The number of rotatable bonds is 8. The number of hydrogen-bond donors (Lipinski definition) is 1. The van der Waals surface area contributed by atoms with Crippen LogP contribution >= 0.6 is 0 Å². The number of ketones is 1. The van der Waals surface area contributed by atoms with E-state index in [-0.39, 0.29) is 6.04 Å². The number of nitrogens with two attached hydrogens (primary N) is 1. The molecule has 0 amide bonds. The third kappa shape index (κ3) is 6.02. The molecule has 98 valence electrons. The summed E-state index contributed by atoms with van der Waals surface area (Å²) in [5, 5.41) is 0. The van der Waals surface area contributed by atoms with Gasteiger partial charge in [-0.2, -0.15) is 0 Å². The minimum Gasteiger partial charge on any atom is -0.327 e. The maximum absolute atomic E-state index is 11.9. The highest BCUT2D eigenvalue weighted by molar-refractivity contribution is 5.95. The van der Waals surface area contributed by atoms with Crippen molar-refractivity contribution in [3.05, 3.63) is 11.6 Å². The van der Waals surface area contributed by atoms with Gasteiger partial charge in [0.2, 0.25) is 0 Å². The summed E-state index contributed by atoms with van der Waals surface area (Å²) in [6.45, 7) is 2.21. The fraction of sp³-hybridized carbons (Fsp3) is 0.800. The van der Waals surface area contributed by atoms with E-state index >= 15 is 0 Å². The molecule has 2 heteroatoms. The smallest absolute Gasteiger partial charge is 0.160 e. The van der Waals surface area contributed by atoms with Gasteiger partial charge in [0.25, 0.3) is 0 Å². The van der Waals surface area contributed by atoms with Crippen LogP contribution in [0, 0.1) is 0 Å². The van der Waals surface area contributed by atoms with Gasteiger partial charge in [-0.25, -0.2) is 0 Å². The molecule has 0 spiro atoms. The summed E-state index contributed by atoms with van der Waals surface area (Å²) in [5.41, 5.74) is 7.06. The zero-order valence-corrected chi connectivity index (χ0v) is 11.2. The molecule has 1 aliphatic carbocycles. The first-order valence-electron chi connectivity index (χ1n) is 7.22. The lowest BCUT2D eigenvalue weighted by Gasteiger charge is -2.14. The molecule has 0 saturated heterocycles. The molecule has 2 N–H and O–H groups in total. The van der Waals surface area contributed by atoms with Gasteiger partial charge in [-0.05, 0) is 37.7 Å². The van der Waals surface area contributed by atoms with Crippen molar-refractivity contribution in [1.29, 1.82) is 0 Å². The molecule has 0 aromatic carbocycles. The van der Waals surface area contributed by atoms with Gasteiger partial charge in [-0.15, -0.1) is 0 Å². The Kier molecular flexibility index (Phi) is 7.18. The number of carbonyl (C=O) groups is 1. The third-order valence-electron chi connectivity index (χ3n) is 3.53. The van der Waals surface area contributed by atoms with Crippen molar-refractivity contribution in [3.63, 3.8) is 0 Å². The van der Waals surface area contributed by atoms with Crippen LogP contribution in [0.1, 0.15) is 71.1 Å². The Labute approximate surface area is 106 Å². The predicted octanol–water partition coefficient (Wildman–Crippen LogP) is 3.74. The maximum Gasteiger partial charge on any atom is 0.160 e. The molecular formula is C15H27NO. The summed E-state index contributed by atoms with van der Waals surface area (Å²) < 4.78 is 0. The maximum atomic E-state index is 11.9. The molecular weight excluding hydrogens is 210 g/mol. The first kappa shape index (κ1) is 14.4. The van der Waals surface area contributed by atoms with Crippen molar-refractivity contribution in [1.82, 2.24) is 0 Å². The van der Waals surface area contributed by atoms with Crippen LogP contribution in [0.2, 0.25) is 0 Å². The minimum atomic E-state index is 0.0715. The molecule has 1 aliphatic rings. The van der Waals surface area contributed by atoms with Crippen LogP contribution in [0.4, 0.5) is 0 Å². The van der Waals surface area contributed by atoms with E-state index < -0.39 is 0 Å². The quantitative estimate of drug-likeness (QED) is 0.653. The summed E-state index contributed by atoms with van der Waals surface area (Å²) in [4.78, 5) is 11.9. The summed E-state index contributed by atoms with van der Waals surface area (Å²) in [6, 6.07) is 0.0715. The normalized spacial score (nSPS) is 17.6. The largest absolute Gasteiger partial charge is 0.327 e. The predicted molar refractivity (Wildman–Crippen MR) is 72.9 cm³/mol. The van der Waals surface area contributed by atoms with Crippen molar-refractivity contribution in [3.8, 4) is 0 Å². The Bertz CT molecular complexity index is 258. The van der Waals surface area contributed by atoms with Crippen molar-refractivity contribution in [2.75, 3.05) is 0 Å². The van der Waals surface area contributed by atoms with Crippen molar-refractivity contribution >= 4 is 5.78 Å². The van der Waals surface area contributed by atoms with Crippen molar-refractivity contribution in [2.24, 2.45) is 5.73 Å². The van der Waals surface area contributed by atoms with Crippen LogP contribution in [-0.4, -0.2) is 11.8 Å². The second kappa shape index (κ2) is 8.46. The van der Waals surface area contributed by atoms with Crippen LogP contribution in [0.25, 0.3) is 0 Å². The highest BCUT2D eigenvalue weighted by Crippen LogP contribution is 2.20. The van der Waals surface area contributed by atoms with Gasteiger partial charge in [0.05, 0.1) is 0 Å². The Morgan fingerprint density at radius 1 is 1.35 bits per heavy atom. The average molecular weight is 237 g/mol. The lowest BCUT2D eigenvalue weighted by molar-refractivity contribution is -0.116. The highest BCUT2D eigenvalue weighted by atomic mass is 16.1. The molecule has 0 saturated carbocycles. The molecule has 2 nitrogen and oxygen atoms in total. The van der Waals surface area contributed by atoms with E-state index in [9.17, 15) is 4.79 Å². The third-order valence-corrected chi connectivity index (χ3v) is 3.53. The molecule has 1 unspecified atom stereocenters. The van der Waals surface area contributed by atoms with Gasteiger partial charge in [-0.1, -0.05) is 38.7 Å². The van der Waals surface area contributed by atoms with Crippen LogP contribution in [0.3, 0.4) is 0 Å². The standard InChI is InChI=1S/C15H27NO/c1-2-3-4-8-11-14(16)12-15(17)13-9-6-5-7-10-13/h9,14H,2-8,10-12,16H2,1H3. The Morgan fingerprint density at radius 2 is 2.18 bits per heavy atom. The molecule has 17 heavy (non-hydrogen) atoms. The zero-order chi connectivity index (χ0) is 12.5. The number of unbranched alkanes of at least 4 members (excludes halogenated alkanes) is 3. The van der Waals surface area contributed by atoms with Gasteiger partial charge in [-0.3, -0.25) is 4.79 Å². The Morgan fingerprint density at radius 3 is 2.82 bits per heavy atom. The lowest BCUT2D eigenvalue weighted by atomic mass is 9.92. The van der Waals surface area contributed by atoms with Crippen molar-refractivity contribution in [2.45, 2.75) is 77.2 Å². The van der Waals surface area contributed by atoms with E-state index in [1.807, 2.05) is 0 Å². The van der Waals surface area contributed by atoms with E-state index in [2.05, 4.69) is 13.0 Å². The van der Waals surface area contributed by atoms with Crippen LogP contribution in [0.5, 0.6) is 0 Å². The van der Waals surface area contributed by atoms with Gasteiger partial charge in [0.15, 0.2) is 5.78 Å². The summed E-state index contributed by atoms with van der Waals surface area (Å²) in [6.07, 6.45) is 13.1.